The quantitative estimate of drug-likeness (QED) is 0.804. The summed E-state index contributed by atoms with van der Waals surface area (Å²) in [5.74, 6) is 0.641. The van der Waals surface area contributed by atoms with E-state index in [-0.39, 0.29) is 6.04 Å². The summed E-state index contributed by atoms with van der Waals surface area (Å²) in [6.07, 6.45) is 1.24. The van der Waals surface area contributed by atoms with E-state index in [4.69, 9.17) is 17.3 Å². The minimum Gasteiger partial charge on any atom is -0.323 e. The number of thiophene rings is 1. The highest BCUT2D eigenvalue weighted by molar-refractivity contribution is 7.16. The second-order valence-corrected chi connectivity index (χ2v) is 6.21. The molecule has 1 saturated carbocycles. The molecule has 3 heteroatoms. The van der Waals surface area contributed by atoms with Crippen LogP contribution in [0.5, 0.6) is 0 Å². The van der Waals surface area contributed by atoms with E-state index in [0.29, 0.717) is 11.3 Å². The van der Waals surface area contributed by atoms with Gasteiger partial charge in [0, 0.05) is 10.9 Å². The summed E-state index contributed by atoms with van der Waals surface area (Å²) in [4.78, 5) is 1.22. The molecule has 1 nitrogen and oxygen atoms in total. The van der Waals surface area contributed by atoms with Gasteiger partial charge in [-0.1, -0.05) is 25.4 Å². The van der Waals surface area contributed by atoms with E-state index in [1.807, 2.05) is 12.1 Å². The topological polar surface area (TPSA) is 26.0 Å². The Kier molecular flexibility index (Phi) is 2.17. The number of hydrogen-bond acceptors (Lipinski definition) is 2. The maximum Gasteiger partial charge on any atom is 0.0931 e. The molecular weight excluding hydrogens is 202 g/mol. The summed E-state index contributed by atoms with van der Waals surface area (Å²) in [5, 5.41) is 0. The molecule has 0 amide bonds. The molecule has 13 heavy (non-hydrogen) atoms. The Bertz CT molecular complexity index is 318. The highest BCUT2D eigenvalue weighted by Crippen LogP contribution is 2.57. The van der Waals surface area contributed by atoms with Gasteiger partial charge in [0.2, 0.25) is 0 Å². The minimum atomic E-state index is 0.187. The molecule has 1 aliphatic carbocycles. The normalized spacial score (nSPS) is 27.2. The third kappa shape index (κ3) is 1.76. The average Bonchev–Trinajstić information content (AvgIpc) is 2.47. The number of hydrogen-bond donors (Lipinski definition) is 1. The second-order valence-electron chi connectivity index (χ2n) is 4.47. The van der Waals surface area contributed by atoms with E-state index in [1.165, 1.54) is 11.3 Å². The van der Waals surface area contributed by atoms with Gasteiger partial charge in [-0.25, -0.2) is 0 Å². The van der Waals surface area contributed by atoms with Gasteiger partial charge in [0.15, 0.2) is 0 Å². The molecule has 0 spiro atoms. The highest BCUT2D eigenvalue weighted by atomic mass is 35.5. The zero-order chi connectivity index (χ0) is 9.64. The lowest BCUT2D eigenvalue weighted by Gasteiger charge is -2.10. The monoisotopic (exact) mass is 215 g/mol. The lowest BCUT2D eigenvalue weighted by atomic mass is 10.0. The summed E-state index contributed by atoms with van der Waals surface area (Å²) in [5.41, 5.74) is 6.58. The van der Waals surface area contributed by atoms with Crippen LogP contribution in [-0.4, -0.2) is 0 Å². The van der Waals surface area contributed by atoms with Gasteiger partial charge in [-0.05, 0) is 29.9 Å². The van der Waals surface area contributed by atoms with Gasteiger partial charge in [0.05, 0.1) is 4.34 Å². The van der Waals surface area contributed by atoms with Crippen molar-refractivity contribution >= 4 is 22.9 Å². The molecule has 2 rings (SSSR count). The molecule has 1 fully saturated rings. The Morgan fingerprint density at radius 3 is 2.62 bits per heavy atom. The fourth-order valence-electron chi connectivity index (χ4n) is 1.83. The van der Waals surface area contributed by atoms with E-state index in [2.05, 4.69) is 13.8 Å². The first-order chi connectivity index (χ1) is 6.00. The van der Waals surface area contributed by atoms with Gasteiger partial charge in [-0.15, -0.1) is 11.3 Å². The smallest absolute Gasteiger partial charge is 0.0931 e. The third-order valence-corrected chi connectivity index (χ3v) is 4.28. The molecule has 72 valence electrons. The van der Waals surface area contributed by atoms with Crippen LogP contribution in [0.2, 0.25) is 4.34 Å². The van der Waals surface area contributed by atoms with Crippen molar-refractivity contribution in [3.05, 3.63) is 21.3 Å². The molecule has 0 aliphatic heterocycles. The molecule has 1 aromatic rings. The predicted molar refractivity (Wildman–Crippen MR) is 58.1 cm³/mol. The first-order valence-corrected chi connectivity index (χ1v) is 5.71. The van der Waals surface area contributed by atoms with Crippen LogP contribution in [0.25, 0.3) is 0 Å². The highest BCUT2D eigenvalue weighted by Gasteiger charge is 2.49. The van der Waals surface area contributed by atoms with Crippen molar-refractivity contribution in [2.45, 2.75) is 26.3 Å². The van der Waals surface area contributed by atoms with Crippen molar-refractivity contribution < 1.29 is 0 Å². The summed E-state index contributed by atoms with van der Waals surface area (Å²) in [6.45, 7) is 4.54. The van der Waals surface area contributed by atoms with Crippen molar-refractivity contribution in [3.8, 4) is 0 Å². The zero-order valence-electron chi connectivity index (χ0n) is 7.88. The molecule has 2 N–H and O–H groups in total. The van der Waals surface area contributed by atoms with Gasteiger partial charge in [-0.2, -0.15) is 0 Å². The van der Waals surface area contributed by atoms with Gasteiger partial charge in [0.1, 0.15) is 0 Å². The summed E-state index contributed by atoms with van der Waals surface area (Å²) < 4.78 is 0.837. The summed E-state index contributed by atoms with van der Waals surface area (Å²) in [6, 6.07) is 4.16. The van der Waals surface area contributed by atoms with Gasteiger partial charge >= 0.3 is 0 Å². The molecule has 0 radical (unpaired) electrons. The van der Waals surface area contributed by atoms with Crippen molar-refractivity contribution in [1.29, 1.82) is 0 Å². The standard InChI is InChI=1S/C10H14ClNS/c1-10(2)5-6(10)9(12)7-3-4-8(11)13-7/h3-4,6,9H,5,12H2,1-2H3. The Hall–Kier alpha value is -0.0500. The molecule has 0 aromatic carbocycles. The molecule has 1 aromatic heterocycles. The second kappa shape index (κ2) is 2.97. The average molecular weight is 216 g/mol. The molecule has 0 saturated heterocycles. The van der Waals surface area contributed by atoms with E-state index in [0.717, 1.165) is 4.34 Å². The maximum absolute atomic E-state index is 6.14. The Morgan fingerprint density at radius 1 is 1.62 bits per heavy atom. The van der Waals surface area contributed by atoms with Crippen molar-refractivity contribution in [3.63, 3.8) is 0 Å². The molecule has 2 unspecified atom stereocenters. The summed E-state index contributed by atoms with van der Waals surface area (Å²) >= 11 is 7.47. The maximum atomic E-state index is 6.14. The van der Waals surface area contributed by atoms with Gasteiger partial charge in [-0.3, -0.25) is 0 Å². The number of nitrogens with two attached hydrogens (primary N) is 1. The number of rotatable bonds is 2. The minimum absolute atomic E-state index is 0.187. The predicted octanol–water partition coefficient (Wildman–Crippen LogP) is 3.45. The largest absolute Gasteiger partial charge is 0.323 e. The van der Waals surface area contributed by atoms with Crippen LogP contribution in [0.3, 0.4) is 0 Å². The Labute approximate surface area is 87.9 Å². The van der Waals surface area contributed by atoms with E-state index < -0.39 is 0 Å². The fourth-order valence-corrected chi connectivity index (χ4v) is 2.95. The molecular formula is C10H14ClNS. The zero-order valence-corrected chi connectivity index (χ0v) is 9.45. The molecule has 2 atom stereocenters. The van der Waals surface area contributed by atoms with Crippen molar-refractivity contribution in [2.75, 3.05) is 0 Å². The van der Waals surface area contributed by atoms with Crippen LogP contribution < -0.4 is 5.73 Å². The van der Waals surface area contributed by atoms with Crippen molar-refractivity contribution in [2.24, 2.45) is 17.1 Å². The van der Waals surface area contributed by atoms with Crippen molar-refractivity contribution in [1.82, 2.24) is 0 Å². The first-order valence-electron chi connectivity index (χ1n) is 4.51. The van der Waals surface area contributed by atoms with E-state index in [1.54, 1.807) is 11.3 Å². The van der Waals surface area contributed by atoms with Crippen LogP contribution in [0, 0.1) is 11.3 Å². The SMILES string of the molecule is CC1(C)CC1C(N)c1ccc(Cl)s1. The fraction of sp³-hybridized carbons (Fsp3) is 0.600. The third-order valence-electron chi connectivity index (χ3n) is 2.95. The first kappa shape index (κ1) is 9.50. The van der Waals surface area contributed by atoms with Crippen LogP contribution in [0.4, 0.5) is 0 Å². The van der Waals surface area contributed by atoms with E-state index >= 15 is 0 Å². The lowest BCUT2D eigenvalue weighted by molar-refractivity contribution is 0.496. The van der Waals surface area contributed by atoms with Crippen LogP contribution in [0.1, 0.15) is 31.2 Å². The number of halogens is 1. The van der Waals surface area contributed by atoms with Gasteiger partial charge in [0.25, 0.3) is 0 Å². The van der Waals surface area contributed by atoms with Crippen LogP contribution in [-0.2, 0) is 0 Å². The molecule has 0 bridgehead atoms. The molecule has 1 heterocycles. The van der Waals surface area contributed by atoms with Crippen LogP contribution in [0.15, 0.2) is 12.1 Å². The van der Waals surface area contributed by atoms with Gasteiger partial charge < -0.3 is 5.73 Å². The lowest BCUT2D eigenvalue weighted by Crippen LogP contribution is -2.13. The Balaban J connectivity index is 2.11. The van der Waals surface area contributed by atoms with E-state index in [9.17, 15) is 0 Å². The Morgan fingerprint density at radius 2 is 2.23 bits per heavy atom. The summed E-state index contributed by atoms with van der Waals surface area (Å²) in [7, 11) is 0. The molecule has 1 aliphatic rings. The van der Waals surface area contributed by atoms with Crippen LogP contribution >= 0.6 is 22.9 Å².